The molecule has 2 N–H and O–H groups in total. The van der Waals surface area contributed by atoms with E-state index < -0.39 is 29.9 Å². The number of imide groups is 1. The average molecular weight is 363 g/mol. The normalized spacial score (nSPS) is 17.4. The van der Waals surface area contributed by atoms with Gasteiger partial charge in [0.2, 0.25) is 5.91 Å². The van der Waals surface area contributed by atoms with Crippen LogP contribution in [0.5, 0.6) is 5.75 Å². The minimum absolute atomic E-state index is 0.0271. The highest BCUT2D eigenvalue weighted by Gasteiger charge is 2.38. The summed E-state index contributed by atoms with van der Waals surface area (Å²) < 4.78 is 10.3. The zero-order valence-corrected chi connectivity index (χ0v) is 14.8. The Hall–Kier alpha value is -3.10. The fourth-order valence-corrected chi connectivity index (χ4v) is 2.55. The van der Waals surface area contributed by atoms with E-state index >= 15 is 0 Å². The number of nitrogens with one attached hydrogen (secondary N) is 2. The standard InChI is InChI=1S/C17H21N3O6/c1-10(15(22)19-17(24)18-2)26-16(23)11-8-14(21)20(9-11)12-6-4-5-7-13(12)25-3/h4-7,10-11H,8-9H2,1-3H3,(H2,18,19,22,24)/t10-,11+/m1/s1. The van der Waals surface area contributed by atoms with Crippen LogP contribution in [0.2, 0.25) is 0 Å². The van der Waals surface area contributed by atoms with Crippen molar-refractivity contribution in [2.75, 3.05) is 25.6 Å². The first kappa shape index (κ1) is 19.2. The summed E-state index contributed by atoms with van der Waals surface area (Å²) in [6.07, 6.45) is -1.18. The van der Waals surface area contributed by atoms with Gasteiger partial charge < -0.3 is 19.7 Å². The molecule has 0 spiro atoms. The van der Waals surface area contributed by atoms with Crippen LogP contribution in [-0.4, -0.2) is 50.6 Å². The van der Waals surface area contributed by atoms with E-state index in [0.717, 1.165) is 0 Å². The van der Waals surface area contributed by atoms with E-state index in [2.05, 4.69) is 5.32 Å². The number of carbonyl (C=O) groups excluding carboxylic acids is 4. The smallest absolute Gasteiger partial charge is 0.321 e. The van der Waals surface area contributed by atoms with Crippen molar-refractivity contribution in [3.05, 3.63) is 24.3 Å². The highest BCUT2D eigenvalue weighted by Crippen LogP contribution is 2.33. The molecule has 9 nitrogen and oxygen atoms in total. The van der Waals surface area contributed by atoms with Gasteiger partial charge >= 0.3 is 12.0 Å². The Morgan fingerprint density at radius 3 is 2.62 bits per heavy atom. The molecule has 1 heterocycles. The highest BCUT2D eigenvalue weighted by atomic mass is 16.5. The number of methoxy groups -OCH3 is 1. The van der Waals surface area contributed by atoms with Gasteiger partial charge in [-0.1, -0.05) is 12.1 Å². The van der Waals surface area contributed by atoms with Gasteiger partial charge in [-0.25, -0.2) is 4.79 Å². The van der Waals surface area contributed by atoms with Gasteiger partial charge in [-0.3, -0.25) is 19.7 Å². The molecule has 1 aromatic rings. The van der Waals surface area contributed by atoms with Gasteiger partial charge in [-0.2, -0.15) is 0 Å². The number of para-hydroxylation sites is 2. The monoisotopic (exact) mass is 363 g/mol. The van der Waals surface area contributed by atoms with Gasteiger partial charge in [-0.15, -0.1) is 0 Å². The van der Waals surface area contributed by atoms with E-state index in [4.69, 9.17) is 9.47 Å². The first-order chi connectivity index (χ1) is 12.4. The van der Waals surface area contributed by atoms with Gasteiger partial charge in [0, 0.05) is 20.0 Å². The Morgan fingerprint density at radius 2 is 1.96 bits per heavy atom. The summed E-state index contributed by atoms with van der Waals surface area (Å²) in [7, 11) is 2.85. The van der Waals surface area contributed by atoms with Crippen LogP contribution in [0, 0.1) is 5.92 Å². The second kappa shape index (κ2) is 8.32. The summed E-state index contributed by atoms with van der Waals surface area (Å²) >= 11 is 0. The van der Waals surface area contributed by atoms with E-state index in [1.165, 1.54) is 26.0 Å². The van der Waals surface area contributed by atoms with Crippen molar-refractivity contribution in [2.24, 2.45) is 5.92 Å². The predicted octanol–water partition coefficient (Wildman–Crippen LogP) is 0.435. The zero-order valence-electron chi connectivity index (χ0n) is 14.8. The molecule has 0 radical (unpaired) electrons. The van der Waals surface area contributed by atoms with Crippen molar-refractivity contribution in [1.29, 1.82) is 0 Å². The molecule has 1 aromatic carbocycles. The minimum atomic E-state index is -1.16. The Labute approximate surface area is 150 Å². The summed E-state index contributed by atoms with van der Waals surface area (Å²) in [6.45, 7) is 1.48. The number of hydrogen-bond donors (Lipinski definition) is 2. The number of hydrogen-bond acceptors (Lipinski definition) is 6. The SMILES string of the molecule is CNC(=O)NC(=O)[C@@H](C)OC(=O)[C@H]1CC(=O)N(c2ccccc2OC)C1. The molecule has 1 saturated heterocycles. The number of benzene rings is 1. The molecule has 1 aliphatic rings. The summed E-state index contributed by atoms with van der Waals surface area (Å²) in [4.78, 5) is 48.9. The molecule has 0 saturated carbocycles. The molecule has 0 bridgehead atoms. The Bertz CT molecular complexity index is 720. The largest absolute Gasteiger partial charge is 0.495 e. The van der Waals surface area contributed by atoms with E-state index in [-0.39, 0.29) is 18.9 Å². The van der Waals surface area contributed by atoms with Crippen LogP contribution in [0.25, 0.3) is 0 Å². The predicted molar refractivity (Wildman–Crippen MR) is 91.6 cm³/mol. The Balaban J connectivity index is 2.00. The fourth-order valence-electron chi connectivity index (χ4n) is 2.55. The summed E-state index contributed by atoms with van der Waals surface area (Å²) in [5, 5.41) is 4.25. The van der Waals surface area contributed by atoms with Crippen LogP contribution >= 0.6 is 0 Å². The van der Waals surface area contributed by atoms with Crippen molar-refractivity contribution in [3.8, 4) is 5.75 Å². The van der Waals surface area contributed by atoms with Crippen molar-refractivity contribution in [2.45, 2.75) is 19.4 Å². The van der Waals surface area contributed by atoms with Crippen LogP contribution in [0.15, 0.2) is 24.3 Å². The van der Waals surface area contributed by atoms with E-state index in [1.54, 1.807) is 24.3 Å². The van der Waals surface area contributed by atoms with Gasteiger partial charge in [-0.05, 0) is 19.1 Å². The highest BCUT2D eigenvalue weighted by molar-refractivity contribution is 6.01. The maximum absolute atomic E-state index is 12.3. The quantitative estimate of drug-likeness (QED) is 0.734. The lowest BCUT2D eigenvalue weighted by Crippen LogP contribution is -2.44. The molecule has 2 atom stereocenters. The molecule has 1 fully saturated rings. The number of esters is 1. The number of carbonyl (C=O) groups is 4. The van der Waals surface area contributed by atoms with Crippen LogP contribution in [-0.2, 0) is 19.1 Å². The molecule has 140 valence electrons. The van der Waals surface area contributed by atoms with E-state index in [0.29, 0.717) is 11.4 Å². The third-order valence-corrected chi connectivity index (χ3v) is 3.96. The molecule has 1 aliphatic heterocycles. The molecule has 0 aromatic heterocycles. The molecule has 9 heteroatoms. The number of rotatable bonds is 5. The second-order valence-corrected chi connectivity index (χ2v) is 5.72. The Morgan fingerprint density at radius 1 is 1.27 bits per heavy atom. The minimum Gasteiger partial charge on any atom is -0.495 e. The molecule has 4 amide bonds. The van der Waals surface area contributed by atoms with Gasteiger partial charge in [0.1, 0.15) is 5.75 Å². The molecule has 2 rings (SSSR count). The van der Waals surface area contributed by atoms with Crippen LogP contribution < -0.4 is 20.3 Å². The molecule has 26 heavy (non-hydrogen) atoms. The number of ether oxygens (including phenoxy) is 2. The second-order valence-electron chi connectivity index (χ2n) is 5.72. The first-order valence-electron chi connectivity index (χ1n) is 8.03. The zero-order chi connectivity index (χ0) is 19.3. The van der Waals surface area contributed by atoms with Crippen molar-refractivity contribution >= 4 is 29.5 Å². The van der Waals surface area contributed by atoms with Crippen LogP contribution in [0.1, 0.15) is 13.3 Å². The lowest BCUT2D eigenvalue weighted by molar-refractivity contribution is -0.158. The van der Waals surface area contributed by atoms with Crippen LogP contribution in [0.4, 0.5) is 10.5 Å². The Kier molecular flexibility index (Phi) is 6.16. The van der Waals surface area contributed by atoms with Gasteiger partial charge in [0.15, 0.2) is 6.10 Å². The van der Waals surface area contributed by atoms with Gasteiger partial charge in [0.25, 0.3) is 5.91 Å². The first-order valence-corrected chi connectivity index (χ1v) is 8.03. The topological polar surface area (TPSA) is 114 Å². The fraction of sp³-hybridized carbons (Fsp3) is 0.412. The van der Waals surface area contributed by atoms with Gasteiger partial charge in [0.05, 0.1) is 18.7 Å². The molecular formula is C17H21N3O6. The molecule has 0 unspecified atom stereocenters. The lowest BCUT2D eigenvalue weighted by Gasteiger charge is -2.19. The summed E-state index contributed by atoms with van der Waals surface area (Å²) in [5.41, 5.74) is 0.570. The lowest BCUT2D eigenvalue weighted by atomic mass is 10.1. The van der Waals surface area contributed by atoms with E-state index in [9.17, 15) is 19.2 Å². The number of nitrogens with zero attached hydrogens (tertiary/aromatic N) is 1. The van der Waals surface area contributed by atoms with Crippen molar-refractivity contribution in [1.82, 2.24) is 10.6 Å². The summed E-state index contributed by atoms with van der Waals surface area (Å²) in [5.74, 6) is -1.84. The third-order valence-electron chi connectivity index (χ3n) is 3.96. The maximum atomic E-state index is 12.3. The number of amides is 4. The van der Waals surface area contributed by atoms with Crippen molar-refractivity contribution < 1.29 is 28.7 Å². The number of urea groups is 1. The maximum Gasteiger partial charge on any atom is 0.321 e. The third kappa shape index (κ3) is 4.29. The van der Waals surface area contributed by atoms with E-state index in [1.807, 2.05) is 5.32 Å². The summed E-state index contributed by atoms with van der Waals surface area (Å²) in [6, 6.07) is 6.29. The number of anilines is 1. The molecular weight excluding hydrogens is 342 g/mol. The molecule has 0 aliphatic carbocycles. The van der Waals surface area contributed by atoms with Crippen molar-refractivity contribution in [3.63, 3.8) is 0 Å². The van der Waals surface area contributed by atoms with Crippen LogP contribution in [0.3, 0.4) is 0 Å². The average Bonchev–Trinajstić information content (AvgIpc) is 3.03.